The summed E-state index contributed by atoms with van der Waals surface area (Å²) in [4.78, 5) is 32.6. The second kappa shape index (κ2) is 9.25. The second-order valence-corrected chi connectivity index (χ2v) is 8.20. The van der Waals surface area contributed by atoms with Crippen molar-refractivity contribution in [1.82, 2.24) is 9.97 Å². The number of carbonyl (C=O) groups is 2. The maximum atomic E-state index is 12.0. The van der Waals surface area contributed by atoms with Crippen molar-refractivity contribution in [2.24, 2.45) is 0 Å². The standard InChI is InChI=1S/C20H18N4O5S2/c1-11-3-5-15(28-11)13-9-30-19(21-13)23-17(25)7-27-8-18(26)24-20-22-14(10-31-20)16-6-4-12(2)29-16/h3-6,9-10H,7-8H2,1-2H3,(H,21,23,25)(H,22,24,26). The highest BCUT2D eigenvalue weighted by atomic mass is 32.1. The van der Waals surface area contributed by atoms with E-state index in [1.54, 1.807) is 10.8 Å². The summed E-state index contributed by atoms with van der Waals surface area (Å²) < 4.78 is 16.2. The van der Waals surface area contributed by atoms with E-state index in [0.717, 1.165) is 11.5 Å². The highest BCUT2D eigenvalue weighted by molar-refractivity contribution is 7.14. The van der Waals surface area contributed by atoms with E-state index in [2.05, 4.69) is 20.6 Å². The van der Waals surface area contributed by atoms with Gasteiger partial charge in [-0.3, -0.25) is 20.2 Å². The Labute approximate surface area is 185 Å². The molecule has 0 aromatic carbocycles. The Morgan fingerprint density at radius 3 is 1.68 bits per heavy atom. The minimum Gasteiger partial charge on any atom is -0.460 e. The van der Waals surface area contributed by atoms with Gasteiger partial charge in [0.2, 0.25) is 0 Å². The lowest BCUT2D eigenvalue weighted by Crippen LogP contribution is -2.23. The van der Waals surface area contributed by atoms with E-state index in [1.165, 1.54) is 22.7 Å². The number of anilines is 2. The maximum Gasteiger partial charge on any atom is 0.252 e. The molecule has 31 heavy (non-hydrogen) atoms. The number of hydrogen-bond acceptors (Lipinski definition) is 9. The maximum absolute atomic E-state index is 12.0. The van der Waals surface area contributed by atoms with Crippen LogP contribution in [0, 0.1) is 13.8 Å². The number of hydrogen-bond donors (Lipinski definition) is 2. The monoisotopic (exact) mass is 458 g/mol. The van der Waals surface area contributed by atoms with Gasteiger partial charge in [-0.15, -0.1) is 22.7 Å². The Hall–Kier alpha value is -3.28. The van der Waals surface area contributed by atoms with E-state index in [0.29, 0.717) is 33.2 Å². The molecule has 0 aliphatic carbocycles. The third-order valence-corrected chi connectivity index (χ3v) is 5.47. The van der Waals surface area contributed by atoms with Crippen molar-refractivity contribution in [3.63, 3.8) is 0 Å². The van der Waals surface area contributed by atoms with Crippen LogP contribution in [0.5, 0.6) is 0 Å². The SMILES string of the molecule is Cc1ccc(-c2csc(NC(=O)COCC(=O)Nc3nc(-c4ccc(C)o4)cs3)n2)o1. The number of amides is 2. The van der Waals surface area contributed by atoms with Gasteiger partial charge in [0.1, 0.15) is 36.1 Å². The summed E-state index contributed by atoms with van der Waals surface area (Å²) in [6.45, 7) is 3.13. The van der Waals surface area contributed by atoms with E-state index in [-0.39, 0.29) is 13.2 Å². The fourth-order valence-electron chi connectivity index (χ4n) is 2.58. The predicted octanol–water partition coefficient (Wildman–Crippen LogP) is 4.33. The van der Waals surface area contributed by atoms with E-state index in [4.69, 9.17) is 13.6 Å². The van der Waals surface area contributed by atoms with Gasteiger partial charge >= 0.3 is 0 Å². The molecule has 0 saturated heterocycles. The molecule has 0 spiro atoms. The van der Waals surface area contributed by atoms with Crippen molar-refractivity contribution in [2.45, 2.75) is 13.8 Å². The molecular weight excluding hydrogens is 440 g/mol. The van der Waals surface area contributed by atoms with Gasteiger partial charge in [-0.25, -0.2) is 9.97 Å². The van der Waals surface area contributed by atoms with Crippen LogP contribution < -0.4 is 10.6 Å². The number of furan rings is 2. The van der Waals surface area contributed by atoms with Crippen LogP contribution in [0.1, 0.15) is 11.5 Å². The molecule has 0 saturated carbocycles. The lowest BCUT2D eigenvalue weighted by Gasteiger charge is -2.04. The zero-order valence-corrected chi connectivity index (χ0v) is 18.3. The van der Waals surface area contributed by atoms with Gasteiger partial charge in [0.15, 0.2) is 21.8 Å². The van der Waals surface area contributed by atoms with Crippen molar-refractivity contribution in [1.29, 1.82) is 0 Å². The minimum absolute atomic E-state index is 0.281. The van der Waals surface area contributed by atoms with Crippen LogP contribution in [-0.4, -0.2) is 35.0 Å². The van der Waals surface area contributed by atoms with Crippen LogP contribution in [0.3, 0.4) is 0 Å². The topological polar surface area (TPSA) is 119 Å². The van der Waals surface area contributed by atoms with Crippen LogP contribution in [-0.2, 0) is 14.3 Å². The van der Waals surface area contributed by atoms with Crippen LogP contribution in [0.15, 0.2) is 43.9 Å². The zero-order valence-electron chi connectivity index (χ0n) is 16.6. The fourth-order valence-corrected chi connectivity index (χ4v) is 4.01. The molecule has 4 aromatic heterocycles. The number of ether oxygens (including phenoxy) is 1. The summed E-state index contributed by atoms with van der Waals surface area (Å²) in [5, 5.41) is 9.69. The van der Waals surface area contributed by atoms with Gasteiger partial charge in [0.25, 0.3) is 11.8 Å². The Morgan fingerprint density at radius 1 is 0.839 bits per heavy atom. The van der Waals surface area contributed by atoms with Crippen LogP contribution in [0.4, 0.5) is 10.3 Å². The van der Waals surface area contributed by atoms with Crippen molar-refractivity contribution in [2.75, 3.05) is 23.8 Å². The van der Waals surface area contributed by atoms with Gasteiger partial charge in [0.05, 0.1) is 0 Å². The first kappa shape index (κ1) is 21.0. The van der Waals surface area contributed by atoms with Gasteiger partial charge in [-0.1, -0.05) is 0 Å². The van der Waals surface area contributed by atoms with E-state index in [9.17, 15) is 9.59 Å². The molecule has 0 atom stereocenters. The average Bonchev–Trinajstić information content (AvgIpc) is 3.50. The number of thiazole rings is 2. The molecule has 2 N–H and O–H groups in total. The summed E-state index contributed by atoms with van der Waals surface area (Å²) in [7, 11) is 0. The molecule has 0 unspecified atom stereocenters. The lowest BCUT2D eigenvalue weighted by atomic mass is 10.4. The Kier molecular flexibility index (Phi) is 6.26. The molecule has 11 heteroatoms. The largest absolute Gasteiger partial charge is 0.460 e. The minimum atomic E-state index is -0.408. The Morgan fingerprint density at radius 2 is 1.29 bits per heavy atom. The number of nitrogens with one attached hydrogen (secondary N) is 2. The zero-order chi connectivity index (χ0) is 21.8. The van der Waals surface area contributed by atoms with Gasteiger partial charge in [-0.2, -0.15) is 0 Å². The highest BCUT2D eigenvalue weighted by Crippen LogP contribution is 2.27. The third-order valence-electron chi connectivity index (χ3n) is 3.95. The number of nitrogens with zero attached hydrogens (tertiary/aromatic N) is 2. The quantitative estimate of drug-likeness (QED) is 0.403. The average molecular weight is 459 g/mol. The Balaban J connectivity index is 1.20. The van der Waals surface area contributed by atoms with Gasteiger partial charge in [0, 0.05) is 10.8 Å². The molecule has 4 aromatic rings. The first-order valence-corrected chi connectivity index (χ1v) is 10.9. The summed E-state index contributed by atoms with van der Waals surface area (Å²) in [6.07, 6.45) is 0. The van der Waals surface area contributed by atoms with Crippen LogP contribution in [0.2, 0.25) is 0 Å². The second-order valence-electron chi connectivity index (χ2n) is 6.49. The summed E-state index contributed by atoms with van der Waals surface area (Å²) in [5.41, 5.74) is 1.28. The van der Waals surface area contributed by atoms with Crippen molar-refractivity contribution in [3.05, 3.63) is 46.5 Å². The molecule has 160 valence electrons. The molecule has 0 bridgehead atoms. The first-order valence-electron chi connectivity index (χ1n) is 9.18. The number of carbonyl (C=O) groups excluding carboxylic acids is 2. The van der Waals surface area contributed by atoms with Gasteiger partial charge in [-0.05, 0) is 38.1 Å². The van der Waals surface area contributed by atoms with Crippen molar-refractivity contribution < 1.29 is 23.2 Å². The first-order chi connectivity index (χ1) is 15.0. The number of aromatic nitrogens is 2. The highest BCUT2D eigenvalue weighted by Gasteiger charge is 2.13. The number of aryl methyl sites for hydroxylation is 2. The third kappa shape index (κ3) is 5.45. The molecule has 4 heterocycles. The lowest BCUT2D eigenvalue weighted by molar-refractivity contribution is -0.125. The molecule has 0 radical (unpaired) electrons. The smallest absolute Gasteiger partial charge is 0.252 e. The molecule has 0 aliphatic heterocycles. The van der Waals surface area contributed by atoms with Crippen molar-refractivity contribution in [3.8, 4) is 22.9 Å². The van der Waals surface area contributed by atoms with Crippen LogP contribution in [0.25, 0.3) is 22.9 Å². The summed E-state index contributed by atoms with van der Waals surface area (Å²) in [5.74, 6) is 2.02. The molecule has 0 fully saturated rings. The van der Waals surface area contributed by atoms with Crippen molar-refractivity contribution >= 4 is 44.8 Å². The van der Waals surface area contributed by atoms with Crippen LogP contribution >= 0.6 is 22.7 Å². The molecule has 2 amide bonds. The summed E-state index contributed by atoms with van der Waals surface area (Å²) >= 11 is 2.55. The molecular formula is C20H18N4O5S2. The Bertz CT molecular complexity index is 1110. The number of rotatable bonds is 8. The molecule has 4 rings (SSSR count). The fraction of sp³-hybridized carbons (Fsp3) is 0.200. The predicted molar refractivity (Wildman–Crippen MR) is 117 cm³/mol. The van der Waals surface area contributed by atoms with E-state index in [1.807, 2.05) is 38.1 Å². The normalized spacial score (nSPS) is 10.9. The van der Waals surface area contributed by atoms with E-state index < -0.39 is 11.8 Å². The van der Waals surface area contributed by atoms with E-state index >= 15 is 0 Å². The molecule has 0 aliphatic rings. The van der Waals surface area contributed by atoms with Gasteiger partial charge < -0.3 is 13.6 Å². The molecule has 9 nitrogen and oxygen atoms in total. The summed E-state index contributed by atoms with van der Waals surface area (Å²) in [6, 6.07) is 7.32.